The molecule has 0 spiro atoms. The standard InChI is InChI=1S/C16H17F3N6O/c17-11(18)5-25-14-10(3-21-25)20-4-12(22-14)23-1-2-24(13(26)6-23)16-7-15(19,8-16)9-16/h3-4,11H,1-2,5-9H2. The molecule has 1 saturated heterocycles. The van der Waals surface area contributed by atoms with E-state index >= 15 is 0 Å². The zero-order valence-corrected chi connectivity index (χ0v) is 13.9. The quantitative estimate of drug-likeness (QED) is 0.818. The molecule has 0 atom stereocenters. The van der Waals surface area contributed by atoms with Gasteiger partial charge in [0.05, 0.1) is 24.5 Å². The van der Waals surface area contributed by atoms with Crippen LogP contribution < -0.4 is 4.90 Å². The Bertz CT molecular complexity index is 879. The molecule has 4 fully saturated rings. The summed E-state index contributed by atoms with van der Waals surface area (Å²) < 4.78 is 40.2. The van der Waals surface area contributed by atoms with Gasteiger partial charge in [-0.3, -0.25) is 4.79 Å². The predicted molar refractivity (Wildman–Crippen MR) is 85.7 cm³/mol. The number of aromatic nitrogens is 4. The number of amides is 1. The van der Waals surface area contributed by atoms with Gasteiger partial charge in [0.25, 0.3) is 6.43 Å². The van der Waals surface area contributed by atoms with Crippen molar-refractivity contribution in [2.45, 2.75) is 43.4 Å². The van der Waals surface area contributed by atoms with E-state index in [1.54, 1.807) is 9.80 Å². The SMILES string of the molecule is O=C1CN(c2cnc3cnn(CC(F)F)c3n2)CCN1C12CC(F)(C1)C2. The number of rotatable bonds is 4. The van der Waals surface area contributed by atoms with Crippen molar-refractivity contribution in [3.05, 3.63) is 12.4 Å². The number of carbonyl (C=O) groups excluding carboxylic acids is 1. The van der Waals surface area contributed by atoms with Crippen LogP contribution in [0, 0.1) is 0 Å². The maximum Gasteiger partial charge on any atom is 0.258 e. The Morgan fingerprint density at radius 3 is 2.62 bits per heavy atom. The smallest absolute Gasteiger partial charge is 0.258 e. The van der Waals surface area contributed by atoms with Gasteiger partial charge in [0, 0.05) is 32.4 Å². The van der Waals surface area contributed by atoms with Crippen molar-refractivity contribution in [1.82, 2.24) is 24.6 Å². The second kappa shape index (κ2) is 5.08. The van der Waals surface area contributed by atoms with E-state index in [9.17, 15) is 18.0 Å². The topological polar surface area (TPSA) is 67.2 Å². The van der Waals surface area contributed by atoms with Gasteiger partial charge in [0.1, 0.15) is 23.5 Å². The first-order chi connectivity index (χ1) is 12.4. The lowest BCUT2D eigenvalue weighted by atomic mass is 9.46. The van der Waals surface area contributed by atoms with Crippen molar-refractivity contribution in [2.24, 2.45) is 0 Å². The lowest BCUT2D eigenvalue weighted by Gasteiger charge is -2.70. The minimum Gasteiger partial charge on any atom is -0.344 e. The van der Waals surface area contributed by atoms with E-state index < -0.39 is 18.6 Å². The van der Waals surface area contributed by atoms with Gasteiger partial charge < -0.3 is 9.80 Å². The third kappa shape index (κ3) is 2.20. The number of hydrogen-bond acceptors (Lipinski definition) is 5. The van der Waals surface area contributed by atoms with E-state index in [1.165, 1.54) is 12.4 Å². The first kappa shape index (κ1) is 15.8. The van der Waals surface area contributed by atoms with Crippen molar-refractivity contribution < 1.29 is 18.0 Å². The van der Waals surface area contributed by atoms with Crippen molar-refractivity contribution in [1.29, 1.82) is 0 Å². The van der Waals surface area contributed by atoms with Crippen LogP contribution in [0.15, 0.2) is 12.4 Å². The molecule has 2 bridgehead atoms. The number of fused-ring (bicyclic) bond motifs is 1. The van der Waals surface area contributed by atoms with E-state index in [0.29, 0.717) is 43.7 Å². The van der Waals surface area contributed by atoms with Crippen molar-refractivity contribution in [3.63, 3.8) is 0 Å². The number of piperazine rings is 1. The normalized spacial score (nSPS) is 30.7. The summed E-state index contributed by atoms with van der Waals surface area (Å²) in [4.78, 5) is 24.8. The molecule has 7 nitrogen and oxygen atoms in total. The lowest BCUT2D eigenvalue weighted by molar-refractivity contribution is -0.226. The predicted octanol–water partition coefficient (Wildman–Crippen LogP) is 1.38. The van der Waals surface area contributed by atoms with Gasteiger partial charge in [-0.15, -0.1) is 0 Å². The number of halogens is 3. The highest BCUT2D eigenvalue weighted by Crippen LogP contribution is 2.66. The number of carbonyl (C=O) groups is 1. The van der Waals surface area contributed by atoms with Crippen LogP contribution in [0.3, 0.4) is 0 Å². The molecule has 6 rings (SSSR count). The lowest BCUT2D eigenvalue weighted by Crippen LogP contribution is -2.79. The summed E-state index contributed by atoms with van der Waals surface area (Å²) in [6.45, 7) is 0.632. The summed E-state index contributed by atoms with van der Waals surface area (Å²) in [5.41, 5.74) is -0.613. The average Bonchev–Trinajstić information content (AvgIpc) is 2.93. The van der Waals surface area contributed by atoms with Crippen molar-refractivity contribution >= 4 is 22.9 Å². The zero-order valence-electron chi connectivity index (χ0n) is 13.9. The molecule has 0 aromatic carbocycles. The van der Waals surface area contributed by atoms with E-state index in [1.807, 2.05) is 0 Å². The fourth-order valence-corrected chi connectivity index (χ4v) is 4.53. The fourth-order valence-electron chi connectivity index (χ4n) is 4.53. The average molecular weight is 366 g/mol. The molecule has 0 N–H and O–H groups in total. The Hall–Kier alpha value is -2.39. The fraction of sp³-hybridized carbons (Fsp3) is 0.625. The molecule has 3 aliphatic carbocycles. The maximum atomic E-state index is 13.8. The summed E-state index contributed by atoms with van der Waals surface area (Å²) in [7, 11) is 0. The molecule has 1 aliphatic heterocycles. The Balaban J connectivity index is 1.35. The molecule has 138 valence electrons. The number of anilines is 1. The second-order valence-electron chi connectivity index (χ2n) is 7.53. The second-order valence-corrected chi connectivity index (χ2v) is 7.53. The molecule has 2 aromatic rings. The number of alkyl halides is 3. The first-order valence-corrected chi connectivity index (χ1v) is 8.59. The molecule has 2 aromatic heterocycles. The summed E-state index contributed by atoms with van der Waals surface area (Å²) in [6.07, 6.45) is 1.73. The number of hydrogen-bond donors (Lipinski definition) is 0. The highest BCUT2D eigenvalue weighted by atomic mass is 19.3. The summed E-state index contributed by atoms with van der Waals surface area (Å²) in [6, 6.07) is 0. The summed E-state index contributed by atoms with van der Waals surface area (Å²) in [5, 5.41) is 3.89. The van der Waals surface area contributed by atoms with Crippen LogP contribution in [0.2, 0.25) is 0 Å². The Morgan fingerprint density at radius 2 is 1.96 bits per heavy atom. The first-order valence-electron chi connectivity index (χ1n) is 8.59. The van der Waals surface area contributed by atoms with Gasteiger partial charge in [-0.1, -0.05) is 0 Å². The zero-order chi connectivity index (χ0) is 18.1. The molecule has 0 radical (unpaired) electrons. The highest BCUT2D eigenvalue weighted by Gasteiger charge is 2.72. The summed E-state index contributed by atoms with van der Waals surface area (Å²) in [5.74, 6) is 0.405. The maximum absolute atomic E-state index is 13.8. The Morgan fingerprint density at radius 1 is 1.19 bits per heavy atom. The van der Waals surface area contributed by atoms with E-state index in [0.717, 1.165) is 4.68 Å². The molecule has 26 heavy (non-hydrogen) atoms. The van der Waals surface area contributed by atoms with Crippen molar-refractivity contribution in [3.8, 4) is 0 Å². The molecule has 1 amide bonds. The van der Waals surface area contributed by atoms with Crippen LogP contribution in [0.1, 0.15) is 19.3 Å². The molecule has 10 heteroatoms. The van der Waals surface area contributed by atoms with Crippen LogP contribution in [0.5, 0.6) is 0 Å². The van der Waals surface area contributed by atoms with Crippen LogP contribution in [-0.2, 0) is 11.3 Å². The van der Waals surface area contributed by atoms with Gasteiger partial charge in [-0.25, -0.2) is 27.8 Å². The van der Waals surface area contributed by atoms with Gasteiger partial charge in [0.2, 0.25) is 5.91 Å². The Kier molecular flexibility index (Phi) is 3.09. The Labute approximate surface area is 146 Å². The van der Waals surface area contributed by atoms with E-state index in [2.05, 4.69) is 15.1 Å². The molecule has 0 unspecified atom stereocenters. The van der Waals surface area contributed by atoms with Gasteiger partial charge in [-0.2, -0.15) is 5.10 Å². The monoisotopic (exact) mass is 366 g/mol. The third-order valence-corrected chi connectivity index (χ3v) is 5.70. The highest BCUT2D eigenvalue weighted by molar-refractivity contribution is 5.84. The van der Waals surface area contributed by atoms with Gasteiger partial charge >= 0.3 is 0 Å². The van der Waals surface area contributed by atoms with Crippen molar-refractivity contribution in [2.75, 3.05) is 24.5 Å². The molecule has 4 aliphatic rings. The van der Waals surface area contributed by atoms with E-state index in [4.69, 9.17) is 0 Å². The van der Waals surface area contributed by atoms with E-state index in [-0.39, 0.29) is 23.6 Å². The molecule has 3 heterocycles. The van der Waals surface area contributed by atoms with Crippen LogP contribution in [0.25, 0.3) is 11.2 Å². The minimum atomic E-state index is -2.54. The van der Waals surface area contributed by atoms with Crippen LogP contribution in [0.4, 0.5) is 19.0 Å². The molecule has 3 saturated carbocycles. The van der Waals surface area contributed by atoms with Gasteiger partial charge in [0.15, 0.2) is 5.65 Å². The number of nitrogens with zero attached hydrogens (tertiary/aromatic N) is 6. The largest absolute Gasteiger partial charge is 0.344 e. The third-order valence-electron chi connectivity index (χ3n) is 5.70. The van der Waals surface area contributed by atoms with Crippen LogP contribution >= 0.6 is 0 Å². The minimum absolute atomic E-state index is 0.0546. The molecular weight excluding hydrogens is 349 g/mol. The van der Waals surface area contributed by atoms with Gasteiger partial charge in [-0.05, 0) is 0 Å². The molecular formula is C16H17F3N6O. The van der Waals surface area contributed by atoms with Crippen LogP contribution in [-0.4, -0.2) is 67.8 Å². The summed E-state index contributed by atoms with van der Waals surface area (Å²) >= 11 is 0.